The van der Waals surface area contributed by atoms with Crippen molar-refractivity contribution in [3.8, 4) is 0 Å². The summed E-state index contributed by atoms with van der Waals surface area (Å²) < 4.78 is 2.51. The summed E-state index contributed by atoms with van der Waals surface area (Å²) in [5.41, 5.74) is 5.77. The highest BCUT2D eigenvalue weighted by atomic mass is 79.9. The molecule has 1 atom stereocenters. The molecular weight excluding hydrogens is 312 g/mol. The van der Waals surface area contributed by atoms with Crippen LogP contribution in [0, 0.1) is 20.8 Å². The van der Waals surface area contributed by atoms with E-state index < -0.39 is 0 Å². The minimum absolute atomic E-state index is 0. The highest BCUT2D eigenvalue weighted by molar-refractivity contribution is 5.52. The standard InChI is InChI=1S/C17H25N2.BrH/c1-13-8-14(2)17(15(3)9-13)11-18-10-16-6-4-5-7-19(16)12-18;/h8-9,12,16H,4-7,10-11H2,1-3H3;1H/q+1;/p-1. The summed E-state index contributed by atoms with van der Waals surface area (Å²) in [6, 6.07) is 5.40. The molecule has 0 aromatic heterocycles. The molecule has 3 rings (SSSR count). The highest BCUT2D eigenvalue weighted by Crippen LogP contribution is 2.22. The molecule has 1 saturated heterocycles. The second kappa shape index (κ2) is 6.30. The number of nitrogens with zero attached hydrogens (tertiary/aromatic N) is 2. The molecule has 2 aliphatic rings. The highest BCUT2D eigenvalue weighted by Gasteiger charge is 2.33. The largest absolute Gasteiger partial charge is 1.00 e. The lowest BCUT2D eigenvalue weighted by Gasteiger charge is -2.21. The van der Waals surface area contributed by atoms with Crippen molar-refractivity contribution in [1.29, 1.82) is 0 Å². The minimum Gasteiger partial charge on any atom is -1.00 e. The zero-order valence-corrected chi connectivity index (χ0v) is 14.4. The maximum atomic E-state index is 2.56. The molecule has 0 spiro atoms. The Labute approximate surface area is 133 Å². The lowest BCUT2D eigenvalue weighted by atomic mass is 9.99. The molecule has 0 aliphatic carbocycles. The topological polar surface area (TPSA) is 6.25 Å². The first kappa shape index (κ1) is 15.6. The number of piperidine rings is 1. The van der Waals surface area contributed by atoms with Crippen molar-refractivity contribution < 1.29 is 21.6 Å². The SMILES string of the molecule is Cc1cc(C)c(C[N+]2=CN3CCCCC3C2)c(C)c1.[Br-]. The first-order valence-corrected chi connectivity index (χ1v) is 7.55. The van der Waals surface area contributed by atoms with Crippen molar-refractivity contribution in [2.45, 2.75) is 52.6 Å². The number of fused-ring (bicyclic) bond motifs is 1. The number of halogens is 1. The van der Waals surface area contributed by atoms with Gasteiger partial charge in [0.2, 0.25) is 6.34 Å². The number of hydrogen-bond acceptors (Lipinski definition) is 1. The third kappa shape index (κ3) is 3.08. The van der Waals surface area contributed by atoms with Crippen molar-refractivity contribution in [2.24, 2.45) is 0 Å². The van der Waals surface area contributed by atoms with Gasteiger partial charge in [0.15, 0.2) is 0 Å². The molecule has 1 fully saturated rings. The van der Waals surface area contributed by atoms with E-state index in [0.29, 0.717) is 0 Å². The van der Waals surface area contributed by atoms with Gasteiger partial charge in [-0.1, -0.05) is 17.7 Å². The van der Waals surface area contributed by atoms with Crippen LogP contribution in [-0.2, 0) is 6.54 Å². The first-order chi connectivity index (χ1) is 9.13. The van der Waals surface area contributed by atoms with Gasteiger partial charge >= 0.3 is 0 Å². The Morgan fingerprint density at radius 2 is 1.85 bits per heavy atom. The molecule has 20 heavy (non-hydrogen) atoms. The van der Waals surface area contributed by atoms with E-state index in [2.05, 4.69) is 48.7 Å². The molecule has 0 bridgehead atoms. The van der Waals surface area contributed by atoms with Gasteiger partial charge in [0, 0.05) is 0 Å². The number of benzene rings is 1. The van der Waals surface area contributed by atoms with Crippen molar-refractivity contribution in [3.05, 3.63) is 34.4 Å². The van der Waals surface area contributed by atoms with Gasteiger partial charge in [-0.15, -0.1) is 0 Å². The van der Waals surface area contributed by atoms with Crippen molar-refractivity contribution >= 4 is 6.34 Å². The molecule has 2 aliphatic heterocycles. The summed E-state index contributed by atoms with van der Waals surface area (Å²) in [5.74, 6) is 0. The van der Waals surface area contributed by atoms with Gasteiger partial charge in [0.05, 0.1) is 6.54 Å². The summed E-state index contributed by atoms with van der Waals surface area (Å²) >= 11 is 0. The molecule has 0 radical (unpaired) electrons. The normalized spacial score (nSPS) is 21.2. The van der Waals surface area contributed by atoms with Crippen LogP contribution < -0.4 is 17.0 Å². The van der Waals surface area contributed by atoms with E-state index in [1.165, 1.54) is 54.6 Å². The van der Waals surface area contributed by atoms with Gasteiger partial charge < -0.3 is 17.0 Å². The fraction of sp³-hybridized carbons (Fsp3) is 0.588. The van der Waals surface area contributed by atoms with Crippen LogP contribution in [0.25, 0.3) is 0 Å². The molecular formula is C17H25BrN2. The van der Waals surface area contributed by atoms with E-state index in [4.69, 9.17) is 0 Å². The molecule has 2 heterocycles. The third-order valence-corrected chi connectivity index (χ3v) is 4.63. The summed E-state index contributed by atoms with van der Waals surface area (Å²) in [6.07, 6.45) is 6.52. The van der Waals surface area contributed by atoms with E-state index in [9.17, 15) is 0 Å². The van der Waals surface area contributed by atoms with Crippen LogP contribution in [0.3, 0.4) is 0 Å². The van der Waals surface area contributed by atoms with Crippen molar-refractivity contribution in [3.63, 3.8) is 0 Å². The predicted molar refractivity (Wildman–Crippen MR) is 79.9 cm³/mol. The third-order valence-electron chi connectivity index (χ3n) is 4.63. The van der Waals surface area contributed by atoms with Crippen LogP contribution in [0.2, 0.25) is 0 Å². The van der Waals surface area contributed by atoms with Crippen LogP contribution in [-0.4, -0.2) is 34.9 Å². The van der Waals surface area contributed by atoms with E-state index >= 15 is 0 Å². The molecule has 2 nitrogen and oxygen atoms in total. The van der Waals surface area contributed by atoms with Gasteiger partial charge in [0.25, 0.3) is 0 Å². The summed E-state index contributed by atoms with van der Waals surface area (Å²) in [5, 5.41) is 0. The Hall–Kier alpha value is -0.830. The maximum Gasteiger partial charge on any atom is 0.234 e. The Bertz CT molecular complexity index is 499. The number of hydrogen-bond donors (Lipinski definition) is 0. The molecule has 1 aromatic carbocycles. The predicted octanol–water partition coefficient (Wildman–Crippen LogP) is 0.0248. The smallest absolute Gasteiger partial charge is 0.234 e. The van der Waals surface area contributed by atoms with Gasteiger partial charge in [-0.05, 0) is 56.7 Å². The average Bonchev–Trinajstić information content (AvgIpc) is 2.76. The van der Waals surface area contributed by atoms with Crippen molar-refractivity contribution in [2.75, 3.05) is 13.1 Å². The number of aryl methyl sites for hydroxylation is 3. The lowest BCUT2D eigenvalue weighted by molar-refractivity contribution is -0.533. The minimum atomic E-state index is 0. The quantitative estimate of drug-likeness (QED) is 0.690. The molecule has 1 aromatic rings. The number of rotatable bonds is 2. The van der Waals surface area contributed by atoms with E-state index in [1.54, 1.807) is 0 Å². The van der Waals surface area contributed by atoms with Crippen LogP contribution >= 0.6 is 0 Å². The summed E-state index contributed by atoms with van der Waals surface area (Å²) in [6.45, 7) is 10.2. The molecule has 3 heteroatoms. The van der Waals surface area contributed by atoms with Crippen LogP contribution in [0.15, 0.2) is 12.1 Å². The lowest BCUT2D eigenvalue weighted by Crippen LogP contribution is -3.00. The molecule has 1 unspecified atom stereocenters. The van der Waals surface area contributed by atoms with Crippen LogP contribution in [0.1, 0.15) is 41.5 Å². The van der Waals surface area contributed by atoms with E-state index in [1.807, 2.05) is 0 Å². The fourth-order valence-electron chi connectivity index (χ4n) is 3.67. The van der Waals surface area contributed by atoms with Gasteiger partial charge in [-0.3, -0.25) is 9.48 Å². The maximum absolute atomic E-state index is 2.56. The molecule has 0 N–H and O–H groups in total. The van der Waals surface area contributed by atoms with Crippen molar-refractivity contribution in [1.82, 2.24) is 4.90 Å². The second-order valence-corrected chi connectivity index (χ2v) is 6.31. The summed E-state index contributed by atoms with van der Waals surface area (Å²) in [7, 11) is 0. The van der Waals surface area contributed by atoms with Gasteiger partial charge in [0.1, 0.15) is 19.1 Å². The Morgan fingerprint density at radius 1 is 1.15 bits per heavy atom. The second-order valence-electron chi connectivity index (χ2n) is 6.31. The van der Waals surface area contributed by atoms with E-state index in [0.717, 1.165) is 12.6 Å². The molecule has 0 saturated carbocycles. The average molecular weight is 337 g/mol. The van der Waals surface area contributed by atoms with E-state index in [-0.39, 0.29) is 17.0 Å². The first-order valence-electron chi connectivity index (χ1n) is 7.55. The Kier molecular flexibility index (Phi) is 4.90. The van der Waals surface area contributed by atoms with Gasteiger partial charge in [-0.2, -0.15) is 0 Å². The zero-order valence-electron chi connectivity index (χ0n) is 12.8. The molecule has 110 valence electrons. The van der Waals surface area contributed by atoms with Crippen LogP contribution in [0.4, 0.5) is 0 Å². The zero-order chi connectivity index (χ0) is 13.4. The Morgan fingerprint density at radius 3 is 2.50 bits per heavy atom. The van der Waals surface area contributed by atoms with Gasteiger partial charge in [-0.25, -0.2) is 0 Å². The molecule has 0 amide bonds. The van der Waals surface area contributed by atoms with Crippen LogP contribution in [0.5, 0.6) is 0 Å². The monoisotopic (exact) mass is 336 g/mol. The summed E-state index contributed by atoms with van der Waals surface area (Å²) in [4.78, 5) is 2.56. The fourth-order valence-corrected chi connectivity index (χ4v) is 3.67. The Balaban J connectivity index is 0.00000147.